The van der Waals surface area contributed by atoms with Crippen molar-refractivity contribution in [2.24, 2.45) is 17.2 Å². The highest BCUT2D eigenvalue weighted by Crippen LogP contribution is 2.07. The van der Waals surface area contributed by atoms with Gasteiger partial charge in [-0.1, -0.05) is 6.92 Å². The van der Waals surface area contributed by atoms with Crippen molar-refractivity contribution in [1.82, 2.24) is 60.9 Å². The van der Waals surface area contributed by atoms with Crippen molar-refractivity contribution >= 4 is 42.5 Å². The molecule has 394 valence electrons. The number of carbonyl (C=O) groups is 1. The van der Waals surface area contributed by atoms with E-state index in [1.54, 1.807) is 6.07 Å². The van der Waals surface area contributed by atoms with Crippen LogP contribution in [0.4, 0.5) is 4.79 Å². The molecule has 4 aliphatic heterocycles. The monoisotopic (exact) mass is 1010 g/mol. The van der Waals surface area contributed by atoms with E-state index >= 15 is 0 Å². The molecule has 4 aliphatic rings. The van der Waals surface area contributed by atoms with Gasteiger partial charge >= 0.3 is 6.09 Å². The minimum atomic E-state index is -0.429. The van der Waals surface area contributed by atoms with Gasteiger partial charge in [0.1, 0.15) is 11.5 Å². The average Bonchev–Trinajstić information content (AvgIpc) is 3.30. The molecule has 0 aromatic carbocycles. The Labute approximate surface area is 424 Å². The molecule has 11 N–H and O–H groups in total. The smallest absolute Gasteiger partial charge is 0.407 e. The van der Waals surface area contributed by atoms with Gasteiger partial charge in [0.15, 0.2) is 0 Å². The number of alkyl halides is 1. The number of carbonyl (C=O) groups excluding carboxylic acids is 1. The van der Waals surface area contributed by atoms with Crippen LogP contribution in [0.2, 0.25) is 0 Å². The number of nitrogens with one attached hydrogen (secondary N) is 5. The number of rotatable bonds is 22. The van der Waals surface area contributed by atoms with Crippen molar-refractivity contribution in [2.75, 3.05) is 222 Å². The number of nitriles is 2. The van der Waals surface area contributed by atoms with E-state index in [0.717, 1.165) is 183 Å². The van der Waals surface area contributed by atoms with Gasteiger partial charge in [0, 0.05) is 196 Å². The van der Waals surface area contributed by atoms with Crippen molar-refractivity contribution in [1.29, 1.82) is 10.5 Å². The Hall–Kier alpha value is -1.95. The SMILES string of the molecule is CCCNCCN1CCN(CCNC(=O)OC(C)(C)C)CC1.Cl.Cl.N#CCCl.NCCN1CCNCC1.NCCNCCN1CCN(CCN)CC1.[C-]#[N+]CNCCN1CCN(CC#N)CC1. The second-order valence-electron chi connectivity index (χ2n) is 17.1. The second-order valence-corrected chi connectivity index (χ2v) is 17.4. The second kappa shape index (κ2) is 49.0. The zero-order valence-electron chi connectivity index (χ0n) is 42.0. The van der Waals surface area contributed by atoms with E-state index in [4.69, 9.17) is 50.6 Å². The molecule has 1 amide bonds. The third kappa shape index (κ3) is 43.8. The summed E-state index contributed by atoms with van der Waals surface area (Å²) < 4.78 is 5.22. The summed E-state index contributed by atoms with van der Waals surface area (Å²) >= 11 is 4.82. The Morgan fingerprint density at radius 3 is 1.39 bits per heavy atom. The number of halogens is 3. The van der Waals surface area contributed by atoms with Gasteiger partial charge in [-0.15, -0.1) is 36.4 Å². The molecule has 0 aliphatic carbocycles. The largest absolute Gasteiger partial charge is 0.444 e. The number of hydrogen-bond acceptors (Lipinski definition) is 18. The Balaban J connectivity index is -0.000000812. The normalized spacial score (nSPS) is 17.5. The summed E-state index contributed by atoms with van der Waals surface area (Å²) in [4.78, 5) is 31.5. The highest BCUT2D eigenvalue weighted by atomic mass is 35.5. The molecule has 0 saturated carbocycles. The van der Waals surface area contributed by atoms with Crippen LogP contribution < -0.4 is 43.8 Å². The highest BCUT2D eigenvalue weighted by molar-refractivity contribution is 6.19. The zero-order valence-corrected chi connectivity index (χ0v) is 44.4. The van der Waals surface area contributed by atoms with Gasteiger partial charge in [-0.2, -0.15) is 10.5 Å². The number of nitrogens with zero attached hydrogens (tertiary/aromatic N) is 10. The maximum absolute atomic E-state index is 11.6. The Morgan fingerprint density at radius 1 is 0.627 bits per heavy atom. The van der Waals surface area contributed by atoms with E-state index < -0.39 is 5.60 Å². The molecule has 4 heterocycles. The maximum Gasteiger partial charge on any atom is 0.407 e. The number of ether oxygens (including phenoxy) is 1. The van der Waals surface area contributed by atoms with E-state index in [2.05, 4.69) is 78.7 Å². The van der Waals surface area contributed by atoms with Gasteiger partial charge in [-0.25, -0.2) is 16.7 Å². The van der Waals surface area contributed by atoms with Gasteiger partial charge in [0.25, 0.3) is 6.67 Å². The van der Waals surface area contributed by atoms with E-state index in [-0.39, 0.29) is 36.8 Å². The number of amides is 1. The molecular weight excluding hydrogens is 919 g/mol. The van der Waals surface area contributed by atoms with Gasteiger partial charge in [0.2, 0.25) is 0 Å². The summed E-state index contributed by atoms with van der Waals surface area (Å²) in [5, 5.41) is 32.0. The van der Waals surface area contributed by atoms with Gasteiger partial charge < -0.3 is 43.2 Å². The van der Waals surface area contributed by atoms with Crippen LogP contribution in [-0.4, -0.2) is 268 Å². The molecule has 0 bridgehead atoms. The minimum Gasteiger partial charge on any atom is -0.444 e. The summed E-state index contributed by atoms with van der Waals surface area (Å²) in [5.41, 5.74) is 15.9. The Bertz CT molecular complexity index is 1200. The minimum absolute atomic E-state index is 0. The fraction of sp³-hybridized carbons (Fsp3) is 0.909. The van der Waals surface area contributed by atoms with Crippen LogP contribution in [0.5, 0.6) is 0 Å². The summed E-state index contributed by atoms with van der Waals surface area (Å²) in [6.07, 6.45) is 0.867. The van der Waals surface area contributed by atoms with Crippen molar-refractivity contribution in [3.05, 3.63) is 11.4 Å². The summed E-state index contributed by atoms with van der Waals surface area (Å²) in [7, 11) is 0. The summed E-state index contributed by atoms with van der Waals surface area (Å²) in [5.74, 6) is 0.0972. The van der Waals surface area contributed by atoms with Crippen LogP contribution in [0.25, 0.3) is 4.85 Å². The summed E-state index contributed by atoms with van der Waals surface area (Å²) in [6, 6.07) is 3.87. The molecule has 23 heteroatoms. The molecule has 0 atom stereocenters. The van der Waals surface area contributed by atoms with Crippen molar-refractivity contribution in [2.45, 2.75) is 39.7 Å². The lowest BCUT2D eigenvalue weighted by molar-refractivity contribution is 0.0516. The molecule has 20 nitrogen and oxygen atoms in total. The molecule has 0 spiro atoms. The zero-order chi connectivity index (χ0) is 48.2. The lowest BCUT2D eigenvalue weighted by atomic mass is 10.2. The molecule has 4 rings (SSSR count). The number of piperazine rings is 4. The fourth-order valence-corrected chi connectivity index (χ4v) is 7.05. The van der Waals surface area contributed by atoms with Crippen LogP contribution in [0.15, 0.2) is 0 Å². The van der Waals surface area contributed by atoms with E-state index in [9.17, 15) is 4.79 Å². The molecule has 4 saturated heterocycles. The number of nitrogens with two attached hydrogens (primary N) is 3. The fourth-order valence-electron chi connectivity index (χ4n) is 7.05. The quantitative estimate of drug-likeness (QED) is 0.0289. The summed E-state index contributed by atoms with van der Waals surface area (Å²) in [6.45, 7) is 47.2. The first-order valence-electron chi connectivity index (χ1n) is 24.1. The van der Waals surface area contributed by atoms with Crippen LogP contribution >= 0.6 is 36.4 Å². The van der Waals surface area contributed by atoms with Crippen molar-refractivity contribution in [3.8, 4) is 12.1 Å². The van der Waals surface area contributed by atoms with Crippen LogP contribution in [0, 0.1) is 29.2 Å². The molecule has 4 fully saturated rings. The van der Waals surface area contributed by atoms with E-state index in [1.807, 2.05) is 20.8 Å². The van der Waals surface area contributed by atoms with Crippen LogP contribution in [0.3, 0.4) is 0 Å². The van der Waals surface area contributed by atoms with Crippen LogP contribution in [0.1, 0.15) is 34.1 Å². The van der Waals surface area contributed by atoms with Crippen LogP contribution in [-0.2, 0) is 4.74 Å². The lowest BCUT2D eigenvalue weighted by Crippen LogP contribution is -2.49. The molecule has 0 aromatic rings. The lowest BCUT2D eigenvalue weighted by Gasteiger charge is -2.34. The first kappa shape index (κ1) is 69.3. The number of hydrogen-bond donors (Lipinski definition) is 8. The van der Waals surface area contributed by atoms with Gasteiger partial charge in [-0.05, 0) is 33.7 Å². The number of alkyl carbamates (subject to hydrolysis) is 1. The third-order valence-corrected chi connectivity index (χ3v) is 10.8. The highest BCUT2D eigenvalue weighted by Gasteiger charge is 2.19. The molecule has 0 radical (unpaired) electrons. The van der Waals surface area contributed by atoms with E-state index in [1.165, 1.54) is 19.5 Å². The molecule has 0 aromatic heterocycles. The maximum atomic E-state index is 11.6. The Morgan fingerprint density at radius 2 is 1.01 bits per heavy atom. The van der Waals surface area contributed by atoms with Gasteiger partial charge in [0.05, 0.1) is 18.7 Å². The predicted octanol–water partition coefficient (Wildman–Crippen LogP) is -0.724. The Kier molecular flexibility index (Phi) is 50.7. The van der Waals surface area contributed by atoms with Gasteiger partial charge in [-0.3, -0.25) is 39.1 Å². The first-order chi connectivity index (χ1) is 31.5. The third-order valence-electron chi connectivity index (χ3n) is 10.7. The first-order valence-corrected chi connectivity index (χ1v) is 24.6. The molecular formula is C44H95Cl3N18O2. The van der Waals surface area contributed by atoms with Crippen molar-refractivity contribution in [3.63, 3.8) is 0 Å². The molecule has 67 heavy (non-hydrogen) atoms. The topological polar surface area (TPSA) is 239 Å². The van der Waals surface area contributed by atoms with E-state index in [0.29, 0.717) is 19.8 Å². The molecule has 0 unspecified atom stereocenters. The average molecular weight is 1010 g/mol. The predicted molar refractivity (Wildman–Crippen MR) is 281 cm³/mol. The standard InChI is InChI=1S/C16H34N4O2.C10H17N5.C10H25N5.C6H15N3.C2H2ClN.2ClH/c1-5-6-17-7-9-19-11-13-20(14-12-19)10-8-18-15(21)22-16(2,3)4;1-12-10-13-3-5-15-8-6-14(4-2-11)7-9-15;11-1-3-13-4-6-15-9-7-14(5-2-12)8-10-15;7-1-4-9-5-2-8-3-6-9;3-1-2-4;;/h17H,5-14H2,1-4H3,(H,18,21);13H,3-10H2;13H,1-12H2;8H,1-7H2;1H2;2*1H. The van der Waals surface area contributed by atoms with Crippen molar-refractivity contribution < 1.29 is 9.53 Å².